The summed E-state index contributed by atoms with van der Waals surface area (Å²) >= 11 is 0. The Balaban J connectivity index is 1.71. The number of amides is 2. The Hall–Kier alpha value is -2.82. The van der Waals surface area contributed by atoms with Gasteiger partial charge in [-0.15, -0.1) is 0 Å². The van der Waals surface area contributed by atoms with E-state index in [1.165, 1.54) is 5.56 Å². The van der Waals surface area contributed by atoms with Crippen LogP contribution in [0, 0.1) is 0 Å². The van der Waals surface area contributed by atoms with Gasteiger partial charge in [-0.3, -0.25) is 20.4 Å². The highest BCUT2D eigenvalue weighted by Gasteiger charge is 2.15. The lowest BCUT2D eigenvalue weighted by Gasteiger charge is -2.15. The van der Waals surface area contributed by atoms with Crippen LogP contribution < -0.4 is 15.6 Å². The average molecular weight is 340 g/mol. The predicted molar refractivity (Wildman–Crippen MR) is 97.0 cm³/mol. The van der Waals surface area contributed by atoms with Gasteiger partial charge in [-0.25, -0.2) is 0 Å². The van der Waals surface area contributed by atoms with Gasteiger partial charge in [0, 0.05) is 6.42 Å². The summed E-state index contributed by atoms with van der Waals surface area (Å²) in [6, 6.07) is 17.3. The van der Waals surface area contributed by atoms with Gasteiger partial charge < -0.3 is 4.74 Å². The summed E-state index contributed by atoms with van der Waals surface area (Å²) in [7, 11) is 0. The van der Waals surface area contributed by atoms with Crippen molar-refractivity contribution in [2.24, 2.45) is 0 Å². The fourth-order valence-electron chi connectivity index (χ4n) is 2.26. The lowest BCUT2D eigenvalue weighted by Crippen LogP contribution is -2.47. The van der Waals surface area contributed by atoms with Gasteiger partial charge in [0.25, 0.3) is 5.91 Å². The molecule has 2 aromatic rings. The summed E-state index contributed by atoms with van der Waals surface area (Å²) in [5, 5.41) is 0. The van der Waals surface area contributed by atoms with Crippen molar-refractivity contribution in [1.29, 1.82) is 0 Å². The van der Waals surface area contributed by atoms with E-state index in [-0.39, 0.29) is 5.91 Å². The molecule has 0 fully saturated rings. The van der Waals surface area contributed by atoms with Crippen LogP contribution >= 0.6 is 0 Å². The SMILES string of the molecule is CCc1ccc(OC(C)C(=O)NNC(=O)CCc2ccccc2)cc1. The van der Waals surface area contributed by atoms with Crippen LogP contribution in [0.25, 0.3) is 0 Å². The number of benzene rings is 2. The standard InChI is InChI=1S/C20H24N2O3/c1-3-16-9-12-18(13-10-16)25-15(2)20(24)22-21-19(23)14-11-17-7-5-4-6-8-17/h4-10,12-13,15H,3,11,14H2,1-2H3,(H,21,23)(H,22,24). The van der Waals surface area contributed by atoms with Crippen LogP contribution in [0.4, 0.5) is 0 Å². The second kappa shape index (κ2) is 9.47. The molecule has 0 aliphatic carbocycles. The number of carbonyl (C=O) groups excluding carboxylic acids is 2. The van der Waals surface area contributed by atoms with Gasteiger partial charge in [0.1, 0.15) is 5.75 Å². The first-order chi connectivity index (χ1) is 12.1. The van der Waals surface area contributed by atoms with Crippen LogP contribution in [0.5, 0.6) is 5.75 Å². The number of carbonyl (C=O) groups is 2. The van der Waals surface area contributed by atoms with Crippen molar-refractivity contribution in [2.75, 3.05) is 0 Å². The summed E-state index contributed by atoms with van der Waals surface area (Å²) in [6.07, 6.45) is 1.17. The molecule has 2 N–H and O–H groups in total. The molecule has 5 heteroatoms. The van der Waals surface area contributed by atoms with Crippen molar-refractivity contribution in [2.45, 2.75) is 39.2 Å². The molecule has 0 bridgehead atoms. The van der Waals surface area contributed by atoms with Crippen LogP contribution in [-0.4, -0.2) is 17.9 Å². The molecule has 2 amide bonds. The minimum atomic E-state index is -0.707. The maximum atomic E-state index is 12.0. The van der Waals surface area contributed by atoms with Crippen LogP contribution in [0.1, 0.15) is 31.4 Å². The molecule has 0 saturated carbocycles. The van der Waals surface area contributed by atoms with Crippen LogP contribution in [0.15, 0.2) is 54.6 Å². The van der Waals surface area contributed by atoms with E-state index in [2.05, 4.69) is 17.8 Å². The molecule has 5 nitrogen and oxygen atoms in total. The fourth-order valence-corrected chi connectivity index (χ4v) is 2.26. The molecule has 0 saturated heterocycles. The number of nitrogens with one attached hydrogen (secondary N) is 2. The third kappa shape index (κ3) is 6.30. The fraction of sp³-hybridized carbons (Fsp3) is 0.300. The molecule has 2 rings (SSSR count). The summed E-state index contributed by atoms with van der Waals surface area (Å²) in [5.41, 5.74) is 7.10. The Labute approximate surface area is 148 Å². The van der Waals surface area contributed by atoms with E-state index < -0.39 is 12.0 Å². The molecule has 0 radical (unpaired) electrons. The molecule has 132 valence electrons. The summed E-state index contributed by atoms with van der Waals surface area (Å²) in [4.78, 5) is 23.8. The van der Waals surface area contributed by atoms with Gasteiger partial charge in [0.2, 0.25) is 5.91 Å². The molecule has 0 spiro atoms. The zero-order chi connectivity index (χ0) is 18.1. The number of rotatable bonds is 7. The van der Waals surface area contributed by atoms with E-state index in [0.717, 1.165) is 12.0 Å². The largest absolute Gasteiger partial charge is 0.481 e. The minimum Gasteiger partial charge on any atom is -0.481 e. The van der Waals surface area contributed by atoms with Gasteiger partial charge in [0.05, 0.1) is 0 Å². The average Bonchev–Trinajstić information content (AvgIpc) is 2.65. The summed E-state index contributed by atoms with van der Waals surface area (Å²) in [5.74, 6) is -0.0143. The third-order valence-corrected chi connectivity index (χ3v) is 3.82. The Morgan fingerprint density at radius 1 is 0.960 bits per heavy atom. The Bertz CT molecular complexity index is 684. The lowest BCUT2D eigenvalue weighted by atomic mass is 10.1. The second-order valence-electron chi connectivity index (χ2n) is 5.78. The maximum Gasteiger partial charge on any atom is 0.279 e. The Kier molecular flexibility index (Phi) is 7.01. The molecular formula is C20H24N2O3. The van der Waals surface area contributed by atoms with Gasteiger partial charge in [-0.2, -0.15) is 0 Å². The van der Waals surface area contributed by atoms with Gasteiger partial charge in [-0.05, 0) is 43.0 Å². The van der Waals surface area contributed by atoms with E-state index in [9.17, 15) is 9.59 Å². The van der Waals surface area contributed by atoms with E-state index in [4.69, 9.17) is 4.74 Å². The van der Waals surface area contributed by atoms with Gasteiger partial charge in [-0.1, -0.05) is 49.4 Å². The molecule has 2 aromatic carbocycles. The van der Waals surface area contributed by atoms with E-state index in [1.54, 1.807) is 6.92 Å². The first-order valence-electron chi connectivity index (χ1n) is 8.46. The van der Waals surface area contributed by atoms with Crippen molar-refractivity contribution in [3.8, 4) is 5.75 Å². The highest BCUT2D eigenvalue weighted by Crippen LogP contribution is 2.14. The molecular weight excluding hydrogens is 316 g/mol. The number of hydrogen-bond donors (Lipinski definition) is 2. The molecule has 0 heterocycles. The Morgan fingerprint density at radius 2 is 1.64 bits per heavy atom. The van der Waals surface area contributed by atoms with Crippen molar-refractivity contribution < 1.29 is 14.3 Å². The van der Waals surface area contributed by atoms with Gasteiger partial charge >= 0.3 is 0 Å². The molecule has 0 aliphatic heterocycles. The maximum absolute atomic E-state index is 12.0. The molecule has 1 atom stereocenters. The van der Waals surface area contributed by atoms with E-state index >= 15 is 0 Å². The molecule has 1 unspecified atom stereocenters. The highest BCUT2D eigenvalue weighted by atomic mass is 16.5. The normalized spacial score (nSPS) is 11.4. The molecule has 0 aromatic heterocycles. The lowest BCUT2D eigenvalue weighted by molar-refractivity contribution is -0.132. The first-order valence-corrected chi connectivity index (χ1v) is 8.46. The Morgan fingerprint density at radius 3 is 2.28 bits per heavy atom. The molecule has 25 heavy (non-hydrogen) atoms. The van der Waals surface area contributed by atoms with Crippen molar-refractivity contribution in [3.63, 3.8) is 0 Å². The number of hydrogen-bond acceptors (Lipinski definition) is 3. The quantitative estimate of drug-likeness (QED) is 0.762. The van der Waals surface area contributed by atoms with Crippen LogP contribution in [0.2, 0.25) is 0 Å². The van der Waals surface area contributed by atoms with Crippen molar-refractivity contribution >= 4 is 11.8 Å². The van der Waals surface area contributed by atoms with Crippen molar-refractivity contribution in [3.05, 3.63) is 65.7 Å². The van der Waals surface area contributed by atoms with E-state index in [1.807, 2.05) is 54.6 Å². The minimum absolute atomic E-state index is 0.239. The molecule has 0 aliphatic rings. The zero-order valence-electron chi connectivity index (χ0n) is 14.6. The topological polar surface area (TPSA) is 67.4 Å². The predicted octanol–water partition coefficient (Wildman–Crippen LogP) is 2.80. The second-order valence-corrected chi connectivity index (χ2v) is 5.78. The van der Waals surface area contributed by atoms with Gasteiger partial charge in [0.15, 0.2) is 6.10 Å². The zero-order valence-corrected chi connectivity index (χ0v) is 14.6. The monoisotopic (exact) mass is 340 g/mol. The van der Waals surface area contributed by atoms with Crippen molar-refractivity contribution in [1.82, 2.24) is 10.9 Å². The number of hydrazine groups is 1. The smallest absolute Gasteiger partial charge is 0.279 e. The van der Waals surface area contributed by atoms with E-state index in [0.29, 0.717) is 18.6 Å². The number of aryl methyl sites for hydroxylation is 2. The summed E-state index contributed by atoms with van der Waals surface area (Å²) in [6.45, 7) is 3.71. The summed E-state index contributed by atoms with van der Waals surface area (Å²) < 4.78 is 5.57. The highest BCUT2D eigenvalue weighted by molar-refractivity contribution is 5.84. The number of ether oxygens (including phenoxy) is 1. The third-order valence-electron chi connectivity index (χ3n) is 3.82. The van der Waals surface area contributed by atoms with Crippen LogP contribution in [0.3, 0.4) is 0 Å². The first kappa shape index (κ1) is 18.5. The van der Waals surface area contributed by atoms with Crippen LogP contribution in [-0.2, 0) is 22.4 Å².